The summed E-state index contributed by atoms with van der Waals surface area (Å²) in [6.07, 6.45) is 0. The molecule has 0 bridgehead atoms. The second kappa shape index (κ2) is 8.14. The van der Waals surface area contributed by atoms with Gasteiger partial charge in [0.1, 0.15) is 0 Å². The van der Waals surface area contributed by atoms with E-state index in [1.807, 2.05) is 0 Å². The number of nitrogens with zero attached hydrogens (tertiary/aromatic N) is 1. The van der Waals surface area contributed by atoms with Crippen LogP contribution in [0.1, 0.15) is 10.4 Å². The third-order valence-corrected chi connectivity index (χ3v) is 3.43. The van der Waals surface area contributed by atoms with Crippen molar-refractivity contribution in [3.8, 4) is 5.75 Å². The minimum absolute atomic E-state index is 0.0237. The smallest absolute Gasteiger partial charge is 0.253 e. The van der Waals surface area contributed by atoms with Crippen LogP contribution in [-0.2, 0) is 4.79 Å². The highest BCUT2D eigenvalue weighted by molar-refractivity contribution is 5.96. The molecule has 0 spiro atoms. The Bertz CT molecular complexity index is 761. The van der Waals surface area contributed by atoms with E-state index in [1.165, 1.54) is 24.1 Å². The first-order chi connectivity index (χ1) is 11.9. The van der Waals surface area contributed by atoms with E-state index in [0.717, 1.165) is 0 Å². The molecule has 0 atom stereocenters. The van der Waals surface area contributed by atoms with Crippen molar-refractivity contribution < 1.29 is 18.7 Å². The molecule has 2 N–H and O–H groups in total. The number of nitrogens with one attached hydrogen (secondary N) is 2. The average Bonchev–Trinajstić information content (AvgIpc) is 2.60. The number of rotatable bonds is 6. The molecular weight excluding hydrogens is 325 g/mol. The first-order valence-corrected chi connectivity index (χ1v) is 7.59. The Morgan fingerprint density at radius 3 is 2.28 bits per heavy atom. The topological polar surface area (TPSA) is 70.7 Å². The maximum absolute atomic E-state index is 13.6. The van der Waals surface area contributed by atoms with E-state index in [4.69, 9.17) is 4.74 Å². The number of ether oxygens (including phenoxy) is 1. The molecule has 0 aliphatic carbocycles. The van der Waals surface area contributed by atoms with Crippen molar-refractivity contribution in [3.63, 3.8) is 0 Å². The van der Waals surface area contributed by atoms with Crippen molar-refractivity contribution >= 4 is 23.2 Å². The van der Waals surface area contributed by atoms with Crippen LogP contribution in [0, 0.1) is 5.82 Å². The van der Waals surface area contributed by atoms with Crippen molar-refractivity contribution in [1.29, 1.82) is 0 Å². The number of halogens is 1. The lowest BCUT2D eigenvalue weighted by Gasteiger charge is -2.11. The number of methoxy groups -OCH3 is 1. The van der Waals surface area contributed by atoms with Gasteiger partial charge in [-0.15, -0.1) is 0 Å². The van der Waals surface area contributed by atoms with Crippen LogP contribution >= 0.6 is 0 Å². The fourth-order valence-electron chi connectivity index (χ4n) is 2.12. The summed E-state index contributed by atoms with van der Waals surface area (Å²) in [5.74, 6) is -0.764. The van der Waals surface area contributed by atoms with Gasteiger partial charge in [-0.1, -0.05) is 0 Å². The molecule has 2 rings (SSSR count). The molecule has 2 aromatic carbocycles. The van der Waals surface area contributed by atoms with Gasteiger partial charge in [0.2, 0.25) is 5.91 Å². The molecule has 0 unspecified atom stereocenters. The highest BCUT2D eigenvalue weighted by Gasteiger charge is 2.09. The zero-order valence-electron chi connectivity index (χ0n) is 14.3. The van der Waals surface area contributed by atoms with Crippen LogP contribution in [-0.4, -0.2) is 44.5 Å². The summed E-state index contributed by atoms with van der Waals surface area (Å²) in [4.78, 5) is 25.2. The van der Waals surface area contributed by atoms with Crippen LogP contribution in [0.5, 0.6) is 5.75 Å². The Hall–Kier alpha value is -3.09. The predicted molar refractivity (Wildman–Crippen MR) is 94.5 cm³/mol. The number of carbonyl (C=O) groups is 2. The maximum Gasteiger partial charge on any atom is 0.253 e. The number of benzene rings is 2. The predicted octanol–water partition coefficient (Wildman–Crippen LogP) is 2.59. The van der Waals surface area contributed by atoms with Crippen LogP contribution in [0.3, 0.4) is 0 Å². The van der Waals surface area contributed by atoms with E-state index >= 15 is 0 Å². The molecule has 0 heterocycles. The van der Waals surface area contributed by atoms with E-state index in [9.17, 15) is 14.0 Å². The van der Waals surface area contributed by atoms with Crippen LogP contribution in [0.15, 0.2) is 42.5 Å². The minimum atomic E-state index is -0.506. The van der Waals surface area contributed by atoms with Crippen LogP contribution in [0.4, 0.5) is 15.8 Å². The summed E-state index contributed by atoms with van der Waals surface area (Å²) >= 11 is 0. The van der Waals surface area contributed by atoms with Gasteiger partial charge in [0.15, 0.2) is 11.6 Å². The second-order valence-corrected chi connectivity index (χ2v) is 5.53. The monoisotopic (exact) mass is 345 g/mol. The second-order valence-electron chi connectivity index (χ2n) is 5.53. The Morgan fingerprint density at radius 2 is 1.72 bits per heavy atom. The van der Waals surface area contributed by atoms with E-state index in [2.05, 4.69) is 10.6 Å². The Labute approximate surface area is 145 Å². The quantitative estimate of drug-likeness (QED) is 0.844. The van der Waals surface area contributed by atoms with E-state index in [1.54, 1.807) is 44.4 Å². The number of anilines is 2. The molecule has 0 aromatic heterocycles. The zero-order chi connectivity index (χ0) is 18.4. The first-order valence-electron chi connectivity index (χ1n) is 7.59. The molecule has 2 amide bonds. The average molecular weight is 345 g/mol. The molecule has 25 heavy (non-hydrogen) atoms. The van der Waals surface area contributed by atoms with Crippen molar-refractivity contribution in [2.45, 2.75) is 0 Å². The van der Waals surface area contributed by atoms with Gasteiger partial charge < -0.3 is 20.3 Å². The highest BCUT2D eigenvalue weighted by atomic mass is 19.1. The van der Waals surface area contributed by atoms with E-state index in [-0.39, 0.29) is 24.1 Å². The van der Waals surface area contributed by atoms with Crippen molar-refractivity contribution in [3.05, 3.63) is 53.8 Å². The third-order valence-electron chi connectivity index (χ3n) is 3.43. The molecule has 0 fully saturated rings. The molecule has 6 nitrogen and oxygen atoms in total. The van der Waals surface area contributed by atoms with E-state index < -0.39 is 5.82 Å². The van der Waals surface area contributed by atoms with Gasteiger partial charge >= 0.3 is 0 Å². The molecule has 0 saturated carbocycles. The maximum atomic E-state index is 13.6. The highest BCUT2D eigenvalue weighted by Crippen LogP contribution is 2.20. The minimum Gasteiger partial charge on any atom is -0.494 e. The number of carbonyl (C=O) groups excluding carboxylic acids is 2. The van der Waals surface area contributed by atoms with Gasteiger partial charge in [-0.2, -0.15) is 0 Å². The van der Waals surface area contributed by atoms with Gasteiger partial charge in [0, 0.05) is 37.1 Å². The van der Waals surface area contributed by atoms with Crippen LogP contribution < -0.4 is 15.4 Å². The summed E-state index contributed by atoms with van der Waals surface area (Å²) in [5, 5.41) is 5.53. The lowest BCUT2D eigenvalue weighted by atomic mass is 10.2. The van der Waals surface area contributed by atoms with Gasteiger partial charge in [-0.3, -0.25) is 9.59 Å². The molecule has 0 saturated heterocycles. The van der Waals surface area contributed by atoms with Crippen molar-refractivity contribution in [2.24, 2.45) is 0 Å². The summed E-state index contributed by atoms with van der Waals surface area (Å²) in [7, 11) is 4.73. The number of amides is 2. The summed E-state index contributed by atoms with van der Waals surface area (Å²) in [6, 6.07) is 11.0. The lowest BCUT2D eigenvalue weighted by Crippen LogP contribution is -2.23. The molecule has 0 aliphatic heterocycles. The summed E-state index contributed by atoms with van der Waals surface area (Å²) in [5.41, 5.74) is 1.58. The van der Waals surface area contributed by atoms with Crippen LogP contribution in [0.25, 0.3) is 0 Å². The largest absolute Gasteiger partial charge is 0.494 e. The van der Waals surface area contributed by atoms with Crippen molar-refractivity contribution in [1.82, 2.24) is 4.90 Å². The number of hydrogen-bond acceptors (Lipinski definition) is 4. The first kappa shape index (κ1) is 18.3. The van der Waals surface area contributed by atoms with Crippen LogP contribution in [0.2, 0.25) is 0 Å². The molecular formula is C18H20FN3O3. The Balaban J connectivity index is 1.90. The van der Waals surface area contributed by atoms with Gasteiger partial charge in [0.05, 0.1) is 13.7 Å². The van der Waals surface area contributed by atoms with E-state index in [0.29, 0.717) is 16.9 Å². The third kappa shape index (κ3) is 4.94. The molecule has 0 radical (unpaired) electrons. The normalized spacial score (nSPS) is 10.1. The van der Waals surface area contributed by atoms with Gasteiger partial charge in [-0.25, -0.2) is 4.39 Å². The Kier molecular flexibility index (Phi) is 5.94. The molecule has 0 aliphatic rings. The number of hydrogen-bond donors (Lipinski definition) is 2. The van der Waals surface area contributed by atoms with Gasteiger partial charge in [0.25, 0.3) is 5.91 Å². The molecule has 2 aromatic rings. The Morgan fingerprint density at radius 1 is 1.08 bits per heavy atom. The summed E-state index contributed by atoms with van der Waals surface area (Å²) in [6.45, 7) is -0.0237. The lowest BCUT2D eigenvalue weighted by molar-refractivity contribution is -0.114. The van der Waals surface area contributed by atoms with Crippen molar-refractivity contribution in [2.75, 3.05) is 38.4 Å². The molecule has 7 heteroatoms. The fourth-order valence-corrected chi connectivity index (χ4v) is 2.12. The van der Waals surface area contributed by atoms with Gasteiger partial charge in [-0.05, 0) is 36.4 Å². The molecule has 132 valence electrons. The zero-order valence-corrected chi connectivity index (χ0v) is 14.3. The SMILES string of the molecule is COc1ccc(NCC(=O)Nc2ccc(C(=O)N(C)C)cc2)cc1F. The fraction of sp³-hybridized carbons (Fsp3) is 0.222. The standard InChI is InChI=1S/C18H20FN3O3/c1-22(2)18(24)12-4-6-13(7-5-12)21-17(23)11-20-14-8-9-16(25-3)15(19)10-14/h4-10,20H,11H2,1-3H3,(H,21,23). The summed E-state index contributed by atoms with van der Waals surface area (Å²) < 4.78 is 18.4.